The van der Waals surface area contributed by atoms with E-state index in [4.69, 9.17) is 4.74 Å². The molecule has 1 aromatic rings. The zero-order valence-electron chi connectivity index (χ0n) is 16.3. The van der Waals surface area contributed by atoms with Gasteiger partial charge in [-0.3, -0.25) is 9.69 Å². The minimum atomic E-state index is -3.16. The van der Waals surface area contributed by atoms with Gasteiger partial charge in [0, 0.05) is 18.3 Å². The van der Waals surface area contributed by atoms with Crippen molar-refractivity contribution in [3.8, 4) is 5.75 Å². The van der Waals surface area contributed by atoms with Crippen LogP contribution in [0.25, 0.3) is 0 Å². The first kappa shape index (κ1) is 19.5. The lowest BCUT2D eigenvalue weighted by Crippen LogP contribution is -2.62. The van der Waals surface area contributed by atoms with E-state index in [0.717, 1.165) is 31.5 Å². The Hall–Kier alpha value is -1.86. The molecular formula is C21H28N2O4S. The van der Waals surface area contributed by atoms with Gasteiger partial charge in [0.05, 0.1) is 31.2 Å². The summed E-state index contributed by atoms with van der Waals surface area (Å²) < 4.78 is 30.1. The highest BCUT2D eigenvalue weighted by Gasteiger charge is 2.49. The number of piperazine rings is 1. The van der Waals surface area contributed by atoms with Crippen molar-refractivity contribution in [2.45, 2.75) is 44.2 Å². The van der Waals surface area contributed by atoms with E-state index in [9.17, 15) is 13.2 Å². The standard InChI is InChI=1S/C21H28N2O4S/c1-27-18-9-7-17(8-10-18)23-20-15-28(25,26)14-19(20)22(13-21(23)24)12-11-16-5-3-2-4-6-16/h5,7-10,19-20H,2-4,6,11-15H2,1H3/t19-,20-/m1/s1. The third-order valence-corrected chi connectivity index (χ3v) is 7.86. The highest BCUT2D eigenvalue weighted by atomic mass is 32.2. The van der Waals surface area contributed by atoms with Crippen LogP contribution in [0.2, 0.25) is 0 Å². The van der Waals surface area contributed by atoms with E-state index < -0.39 is 9.84 Å². The lowest BCUT2D eigenvalue weighted by atomic mass is 9.96. The fourth-order valence-electron chi connectivity index (χ4n) is 4.70. The van der Waals surface area contributed by atoms with Crippen LogP contribution in [-0.4, -0.2) is 63.0 Å². The smallest absolute Gasteiger partial charge is 0.241 e. The van der Waals surface area contributed by atoms with Crippen LogP contribution < -0.4 is 9.64 Å². The average molecular weight is 405 g/mol. The molecule has 0 spiro atoms. The number of fused-ring (bicyclic) bond motifs is 1. The number of amides is 1. The molecule has 6 nitrogen and oxygen atoms in total. The van der Waals surface area contributed by atoms with Gasteiger partial charge in [-0.05, 0) is 56.4 Å². The molecule has 2 aliphatic heterocycles. The number of ether oxygens (including phenoxy) is 1. The van der Waals surface area contributed by atoms with Crippen molar-refractivity contribution in [2.24, 2.45) is 0 Å². The molecule has 0 bridgehead atoms. The molecule has 152 valence electrons. The van der Waals surface area contributed by atoms with Crippen LogP contribution in [0.4, 0.5) is 5.69 Å². The van der Waals surface area contributed by atoms with Gasteiger partial charge in [0.15, 0.2) is 9.84 Å². The van der Waals surface area contributed by atoms with Crippen LogP contribution in [0.1, 0.15) is 32.1 Å². The minimum absolute atomic E-state index is 0.0267. The molecule has 1 amide bonds. The number of carbonyl (C=O) groups is 1. The van der Waals surface area contributed by atoms with Gasteiger partial charge in [0.1, 0.15) is 5.75 Å². The van der Waals surface area contributed by atoms with Crippen LogP contribution in [0.5, 0.6) is 5.75 Å². The molecule has 2 saturated heterocycles. The molecule has 0 saturated carbocycles. The van der Waals surface area contributed by atoms with Gasteiger partial charge < -0.3 is 9.64 Å². The molecule has 0 aromatic heterocycles. The molecular weight excluding hydrogens is 376 g/mol. The summed E-state index contributed by atoms with van der Waals surface area (Å²) >= 11 is 0. The third-order valence-electron chi connectivity index (χ3n) is 6.16. The number of sulfone groups is 1. The molecule has 0 radical (unpaired) electrons. The quantitative estimate of drug-likeness (QED) is 0.705. The summed E-state index contributed by atoms with van der Waals surface area (Å²) in [5.74, 6) is 0.859. The van der Waals surface area contributed by atoms with E-state index in [1.165, 1.54) is 18.4 Å². The molecule has 4 rings (SSSR count). The summed E-state index contributed by atoms with van der Waals surface area (Å²) in [5.41, 5.74) is 2.20. The first-order valence-electron chi connectivity index (χ1n) is 10.1. The van der Waals surface area contributed by atoms with E-state index >= 15 is 0 Å². The molecule has 0 unspecified atom stereocenters. The van der Waals surface area contributed by atoms with E-state index in [1.807, 2.05) is 24.3 Å². The second-order valence-corrected chi connectivity index (χ2v) is 10.2. The zero-order valence-corrected chi connectivity index (χ0v) is 17.2. The predicted octanol–water partition coefficient (Wildman–Crippen LogP) is 2.40. The maximum atomic E-state index is 13.0. The predicted molar refractivity (Wildman–Crippen MR) is 109 cm³/mol. The number of nitrogens with zero attached hydrogens (tertiary/aromatic N) is 2. The van der Waals surface area contributed by atoms with Crippen molar-refractivity contribution in [1.29, 1.82) is 0 Å². The topological polar surface area (TPSA) is 66.9 Å². The van der Waals surface area contributed by atoms with Gasteiger partial charge in [-0.15, -0.1) is 0 Å². The Morgan fingerprint density at radius 2 is 1.86 bits per heavy atom. The van der Waals surface area contributed by atoms with E-state index in [-0.39, 0.29) is 36.0 Å². The fraction of sp³-hybridized carbons (Fsp3) is 0.571. The van der Waals surface area contributed by atoms with Gasteiger partial charge in [0.25, 0.3) is 0 Å². The number of allylic oxidation sites excluding steroid dienone is 1. The summed E-state index contributed by atoms with van der Waals surface area (Å²) in [4.78, 5) is 16.8. The van der Waals surface area contributed by atoms with Crippen molar-refractivity contribution < 1.29 is 17.9 Å². The molecule has 2 fully saturated rings. The first-order valence-corrected chi connectivity index (χ1v) is 11.9. The van der Waals surface area contributed by atoms with Gasteiger partial charge >= 0.3 is 0 Å². The minimum Gasteiger partial charge on any atom is -0.497 e. The van der Waals surface area contributed by atoms with Gasteiger partial charge in [0.2, 0.25) is 5.91 Å². The van der Waals surface area contributed by atoms with Crippen molar-refractivity contribution in [1.82, 2.24) is 4.90 Å². The highest BCUT2D eigenvalue weighted by molar-refractivity contribution is 7.91. The van der Waals surface area contributed by atoms with Crippen LogP contribution >= 0.6 is 0 Å². The number of carbonyl (C=O) groups excluding carboxylic acids is 1. The molecule has 1 aromatic carbocycles. The fourth-order valence-corrected chi connectivity index (χ4v) is 6.68. The Bertz CT molecular complexity index is 863. The van der Waals surface area contributed by atoms with Crippen molar-refractivity contribution >= 4 is 21.4 Å². The van der Waals surface area contributed by atoms with Crippen LogP contribution in [-0.2, 0) is 14.6 Å². The normalized spacial score (nSPS) is 27.4. The monoisotopic (exact) mass is 404 g/mol. The number of hydrogen-bond donors (Lipinski definition) is 0. The van der Waals surface area contributed by atoms with Crippen molar-refractivity contribution in [3.05, 3.63) is 35.9 Å². The van der Waals surface area contributed by atoms with Crippen LogP contribution in [0.15, 0.2) is 35.9 Å². The summed E-state index contributed by atoms with van der Waals surface area (Å²) in [6.45, 7) is 1.03. The lowest BCUT2D eigenvalue weighted by molar-refractivity contribution is -0.123. The zero-order chi connectivity index (χ0) is 19.7. The lowest BCUT2D eigenvalue weighted by Gasteiger charge is -2.43. The molecule has 7 heteroatoms. The summed E-state index contributed by atoms with van der Waals surface area (Å²) in [5, 5.41) is 0. The second kappa shape index (κ2) is 7.87. The van der Waals surface area contributed by atoms with E-state index in [0.29, 0.717) is 5.75 Å². The van der Waals surface area contributed by atoms with Crippen LogP contribution in [0, 0.1) is 0 Å². The van der Waals surface area contributed by atoms with E-state index in [2.05, 4.69) is 11.0 Å². The summed E-state index contributed by atoms with van der Waals surface area (Å²) in [6.07, 6.45) is 8.01. The molecule has 2 atom stereocenters. The second-order valence-electron chi connectivity index (χ2n) is 8.00. The van der Waals surface area contributed by atoms with Gasteiger partial charge in [-0.2, -0.15) is 0 Å². The molecule has 28 heavy (non-hydrogen) atoms. The maximum absolute atomic E-state index is 13.0. The number of methoxy groups -OCH3 is 1. The van der Waals surface area contributed by atoms with Crippen LogP contribution in [0.3, 0.4) is 0 Å². The largest absolute Gasteiger partial charge is 0.497 e. The van der Waals surface area contributed by atoms with E-state index in [1.54, 1.807) is 12.0 Å². The number of rotatable bonds is 5. The first-order chi connectivity index (χ1) is 13.5. The highest BCUT2D eigenvalue weighted by Crippen LogP contribution is 2.33. The van der Waals surface area contributed by atoms with Crippen molar-refractivity contribution in [3.63, 3.8) is 0 Å². The Labute approximate surface area is 167 Å². The summed E-state index contributed by atoms with van der Waals surface area (Å²) in [6, 6.07) is 6.84. The SMILES string of the molecule is COc1ccc(N2C(=O)CN(CCC3=CCCCC3)[C@@H]3CS(=O)(=O)C[C@H]32)cc1. The van der Waals surface area contributed by atoms with Gasteiger partial charge in [-0.25, -0.2) is 8.42 Å². The molecule has 2 heterocycles. The average Bonchev–Trinajstić information content (AvgIpc) is 3.02. The Kier molecular flexibility index (Phi) is 5.47. The maximum Gasteiger partial charge on any atom is 0.241 e. The molecule has 0 N–H and O–H groups in total. The number of hydrogen-bond acceptors (Lipinski definition) is 5. The Balaban J connectivity index is 1.55. The van der Waals surface area contributed by atoms with Crippen molar-refractivity contribution in [2.75, 3.05) is 36.6 Å². The summed E-state index contributed by atoms with van der Waals surface area (Å²) in [7, 11) is -1.56. The number of anilines is 1. The molecule has 1 aliphatic carbocycles. The Morgan fingerprint density at radius 3 is 2.54 bits per heavy atom. The molecule has 3 aliphatic rings. The third kappa shape index (κ3) is 3.96. The van der Waals surface area contributed by atoms with Gasteiger partial charge in [-0.1, -0.05) is 11.6 Å². The Morgan fingerprint density at radius 1 is 1.11 bits per heavy atom. The number of benzene rings is 1.